The average molecular weight is 341 g/mol. The van der Waals surface area contributed by atoms with Gasteiger partial charge in [-0.15, -0.1) is 11.8 Å². The summed E-state index contributed by atoms with van der Waals surface area (Å²) in [6, 6.07) is 7.87. The van der Waals surface area contributed by atoms with Gasteiger partial charge in [0.05, 0.1) is 0 Å². The zero-order valence-electron chi connectivity index (χ0n) is 13.2. The van der Waals surface area contributed by atoms with Crippen LogP contribution in [0.25, 0.3) is 0 Å². The van der Waals surface area contributed by atoms with E-state index in [0.29, 0.717) is 18.2 Å². The van der Waals surface area contributed by atoms with Gasteiger partial charge < -0.3 is 10.2 Å². The molecule has 0 spiro atoms. The summed E-state index contributed by atoms with van der Waals surface area (Å²) in [5, 5.41) is 3.99. The van der Waals surface area contributed by atoms with Crippen molar-refractivity contribution in [2.24, 2.45) is 5.92 Å². The second kappa shape index (κ2) is 9.43. The van der Waals surface area contributed by atoms with E-state index in [1.54, 1.807) is 11.8 Å². The molecule has 3 nitrogen and oxygen atoms in total. The molecular weight excluding hydrogens is 316 g/mol. The van der Waals surface area contributed by atoms with Crippen LogP contribution < -0.4 is 5.32 Å². The number of piperidine rings is 1. The number of carbonyl (C=O) groups is 1. The molecule has 1 atom stereocenters. The number of amides is 1. The van der Waals surface area contributed by atoms with Gasteiger partial charge in [0, 0.05) is 29.4 Å². The SMILES string of the molecule is CNCC1CCCN(C(=O)CCCSc2ccc(Cl)cc2)C1. The summed E-state index contributed by atoms with van der Waals surface area (Å²) in [6.07, 6.45) is 3.96. The highest BCUT2D eigenvalue weighted by Crippen LogP contribution is 2.22. The second-order valence-electron chi connectivity index (χ2n) is 5.81. The van der Waals surface area contributed by atoms with Crippen LogP contribution in [0.1, 0.15) is 25.7 Å². The second-order valence-corrected chi connectivity index (χ2v) is 7.42. The number of carbonyl (C=O) groups excluding carboxylic acids is 1. The van der Waals surface area contributed by atoms with E-state index >= 15 is 0 Å². The number of hydrogen-bond acceptors (Lipinski definition) is 3. The van der Waals surface area contributed by atoms with Gasteiger partial charge >= 0.3 is 0 Å². The lowest BCUT2D eigenvalue weighted by molar-refractivity contribution is -0.132. The highest BCUT2D eigenvalue weighted by Gasteiger charge is 2.22. The molecule has 1 aromatic rings. The van der Waals surface area contributed by atoms with Crippen LogP contribution >= 0.6 is 23.4 Å². The summed E-state index contributed by atoms with van der Waals surface area (Å²) in [5.41, 5.74) is 0. The first-order valence-electron chi connectivity index (χ1n) is 8.00. The summed E-state index contributed by atoms with van der Waals surface area (Å²) >= 11 is 7.66. The third kappa shape index (κ3) is 5.82. The van der Waals surface area contributed by atoms with E-state index in [4.69, 9.17) is 11.6 Å². The third-order valence-corrected chi connectivity index (χ3v) is 5.33. The molecule has 1 N–H and O–H groups in total. The minimum absolute atomic E-state index is 0.317. The van der Waals surface area contributed by atoms with E-state index in [1.807, 2.05) is 31.3 Å². The maximum Gasteiger partial charge on any atom is 0.222 e. The van der Waals surface area contributed by atoms with Crippen LogP contribution in [-0.4, -0.2) is 43.2 Å². The lowest BCUT2D eigenvalue weighted by atomic mass is 9.98. The fourth-order valence-electron chi connectivity index (χ4n) is 2.85. The molecule has 1 aliphatic heterocycles. The molecule has 0 radical (unpaired) electrons. The van der Waals surface area contributed by atoms with Crippen molar-refractivity contribution in [3.8, 4) is 0 Å². The van der Waals surface area contributed by atoms with Gasteiger partial charge in [-0.05, 0) is 68.8 Å². The van der Waals surface area contributed by atoms with Crippen molar-refractivity contribution >= 4 is 29.3 Å². The fourth-order valence-corrected chi connectivity index (χ4v) is 3.83. The summed E-state index contributed by atoms with van der Waals surface area (Å²) in [6.45, 7) is 2.86. The number of hydrogen-bond donors (Lipinski definition) is 1. The van der Waals surface area contributed by atoms with Gasteiger partial charge in [-0.3, -0.25) is 4.79 Å². The lowest BCUT2D eigenvalue weighted by Crippen LogP contribution is -2.42. The Balaban J connectivity index is 1.65. The minimum atomic E-state index is 0.317. The topological polar surface area (TPSA) is 32.3 Å². The van der Waals surface area contributed by atoms with Gasteiger partial charge in [0.1, 0.15) is 0 Å². The summed E-state index contributed by atoms with van der Waals surface area (Å²) in [7, 11) is 1.98. The van der Waals surface area contributed by atoms with Crippen LogP contribution in [0.15, 0.2) is 29.2 Å². The van der Waals surface area contributed by atoms with Crippen molar-refractivity contribution in [3.63, 3.8) is 0 Å². The average Bonchev–Trinajstić information content (AvgIpc) is 2.53. The van der Waals surface area contributed by atoms with Crippen LogP contribution in [0.2, 0.25) is 5.02 Å². The molecular formula is C17H25ClN2OS. The van der Waals surface area contributed by atoms with E-state index in [-0.39, 0.29) is 0 Å². The van der Waals surface area contributed by atoms with Gasteiger partial charge in [-0.2, -0.15) is 0 Å². The molecule has 0 bridgehead atoms. The standard InChI is InChI=1S/C17H25ClN2OS/c1-19-12-14-4-2-10-20(13-14)17(21)5-3-11-22-16-8-6-15(18)7-9-16/h6-9,14,19H,2-5,10-13H2,1H3. The van der Waals surface area contributed by atoms with Gasteiger partial charge in [-0.1, -0.05) is 11.6 Å². The number of rotatable bonds is 7. The van der Waals surface area contributed by atoms with Crippen molar-refractivity contribution in [2.75, 3.05) is 32.4 Å². The van der Waals surface area contributed by atoms with Crippen molar-refractivity contribution < 1.29 is 4.79 Å². The van der Waals surface area contributed by atoms with Crippen LogP contribution in [-0.2, 0) is 4.79 Å². The lowest BCUT2D eigenvalue weighted by Gasteiger charge is -2.32. The Kier molecular flexibility index (Phi) is 7.56. The predicted molar refractivity (Wildman–Crippen MR) is 94.6 cm³/mol. The zero-order chi connectivity index (χ0) is 15.8. The molecule has 0 aliphatic carbocycles. The van der Waals surface area contributed by atoms with Crippen LogP contribution in [0.3, 0.4) is 0 Å². The third-order valence-electron chi connectivity index (χ3n) is 3.98. The van der Waals surface area contributed by atoms with E-state index in [2.05, 4.69) is 10.2 Å². The molecule has 122 valence electrons. The highest BCUT2D eigenvalue weighted by atomic mass is 35.5. The van der Waals surface area contributed by atoms with E-state index in [1.165, 1.54) is 11.3 Å². The molecule has 0 saturated carbocycles. The Labute approximate surface area is 142 Å². The summed E-state index contributed by atoms with van der Waals surface area (Å²) < 4.78 is 0. The van der Waals surface area contributed by atoms with Crippen molar-refractivity contribution in [1.29, 1.82) is 0 Å². The van der Waals surface area contributed by atoms with Crippen molar-refractivity contribution in [3.05, 3.63) is 29.3 Å². The largest absolute Gasteiger partial charge is 0.342 e. The monoisotopic (exact) mass is 340 g/mol. The van der Waals surface area contributed by atoms with Crippen LogP contribution in [0, 0.1) is 5.92 Å². The molecule has 22 heavy (non-hydrogen) atoms. The Morgan fingerprint density at radius 2 is 2.18 bits per heavy atom. The first-order chi connectivity index (χ1) is 10.7. The van der Waals surface area contributed by atoms with Gasteiger partial charge in [-0.25, -0.2) is 0 Å². The van der Waals surface area contributed by atoms with Gasteiger partial charge in [0.2, 0.25) is 5.91 Å². The first kappa shape index (κ1) is 17.6. The number of thioether (sulfide) groups is 1. The molecule has 0 aromatic heterocycles. The van der Waals surface area contributed by atoms with Crippen LogP contribution in [0.4, 0.5) is 0 Å². The van der Waals surface area contributed by atoms with Gasteiger partial charge in [0.25, 0.3) is 0 Å². The number of likely N-dealkylation sites (tertiary alicyclic amines) is 1. The molecule has 1 heterocycles. The van der Waals surface area contributed by atoms with Gasteiger partial charge in [0.15, 0.2) is 0 Å². The quantitative estimate of drug-likeness (QED) is 0.607. The number of benzene rings is 1. The Bertz CT molecular complexity index is 464. The molecule has 1 unspecified atom stereocenters. The van der Waals surface area contributed by atoms with E-state index in [0.717, 1.165) is 43.3 Å². The molecule has 2 rings (SSSR count). The zero-order valence-corrected chi connectivity index (χ0v) is 14.8. The predicted octanol–water partition coefficient (Wildman–Crippen LogP) is 3.67. The van der Waals surface area contributed by atoms with Crippen LogP contribution in [0.5, 0.6) is 0 Å². The molecule has 1 aromatic carbocycles. The minimum Gasteiger partial charge on any atom is -0.342 e. The normalized spacial score (nSPS) is 18.5. The number of halogens is 1. The molecule has 5 heteroatoms. The van der Waals surface area contributed by atoms with Crippen molar-refractivity contribution in [1.82, 2.24) is 10.2 Å². The Hall–Kier alpha value is -0.710. The number of nitrogens with zero attached hydrogens (tertiary/aromatic N) is 1. The van der Waals surface area contributed by atoms with E-state index < -0.39 is 0 Å². The first-order valence-corrected chi connectivity index (χ1v) is 9.36. The maximum atomic E-state index is 12.3. The molecule has 1 aliphatic rings. The highest BCUT2D eigenvalue weighted by molar-refractivity contribution is 7.99. The number of nitrogens with one attached hydrogen (secondary N) is 1. The Morgan fingerprint density at radius 1 is 1.41 bits per heavy atom. The fraction of sp³-hybridized carbons (Fsp3) is 0.588. The maximum absolute atomic E-state index is 12.3. The smallest absolute Gasteiger partial charge is 0.222 e. The Morgan fingerprint density at radius 3 is 2.91 bits per heavy atom. The molecule has 1 fully saturated rings. The van der Waals surface area contributed by atoms with Crippen molar-refractivity contribution in [2.45, 2.75) is 30.6 Å². The van der Waals surface area contributed by atoms with E-state index in [9.17, 15) is 4.79 Å². The summed E-state index contributed by atoms with van der Waals surface area (Å²) in [5.74, 6) is 1.91. The molecule has 1 amide bonds. The summed E-state index contributed by atoms with van der Waals surface area (Å²) in [4.78, 5) is 15.5. The molecule has 1 saturated heterocycles.